The van der Waals surface area contributed by atoms with Crippen LogP contribution < -0.4 is 0 Å². The van der Waals surface area contributed by atoms with Gasteiger partial charge in [0.2, 0.25) is 11.8 Å². The van der Waals surface area contributed by atoms with E-state index in [0.29, 0.717) is 11.8 Å². The van der Waals surface area contributed by atoms with Crippen molar-refractivity contribution < 1.29 is 9.21 Å². The number of aryl methyl sites for hydroxylation is 2. The molecule has 1 aromatic heterocycles. The molecule has 0 spiro atoms. The molecular formula is C24H33N3O2. The Bertz CT molecular complexity index is 813. The maximum Gasteiger partial charge on any atom is 0.226 e. The molecule has 1 saturated heterocycles. The Hall–Kier alpha value is -2.14. The molecule has 1 aliphatic carbocycles. The molecule has 29 heavy (non-hydrogen) atoms. The Morgan fingerprint density at radius 2 is 1.76 bits per heavy atom. The van der Waals surface area contributed by atoms with Crippen molar-refractivity contribution in [2.45, 2.75) is 58.9 Å². The summed E-state index contributed by atoms with van der Waals surface area (Å²) >= 11 is 0. The lowest BCUT2D eigenvalue weighted by atomic mass is 10.0. The highest BCUT2D eigenvalue weighted by Gasteiger charge is 2.24. The van der Waals surface area contributed by atoms with Crippen molar-refractivity contribution in [3.8, 4) is 11.5 Å². The molecule has 1 aromatic carbocycles. The van der Waals surface area contributed by atoms with Crippen LogP contribution in [0.15, 0.2) is 28.7 Å². The summed E-state index contributed by atoms with van der Waals surface area (Å²) in [4.78, 5) is 21.7. The molecule has 156 valence electrons. The van der Waals surface area contributed by atoms with Crippen molar-refractivity contribution in [3.63, 3.8) is 0 Å². The van der Waals surface area contributed by atoms with Crippen molar-refractivity contribution in [2.75, 3.05) is 26.2 Å². The van der Waals surface area contributed by atoms with Crippen molar-refractivity contribution in [1.29, 1.82) is 0 Å². The maximum absolute atomic E-state index is 12.5. The quantitative estimate of drug-likeness (QED) is 0.719. The van der Waals surface area contributed by atoms with Crippen LogP contribution in [0.25, 0.3) is 11.5 Å². The third-order valence-electron chi connectivity index (χ3n) is 6.53. The van der Waals surface area contributed by atoms with Gasteiger partial charge in [0.15, 0.2) is 0 Å². The highest BCUT2D eigenvalue weighted by atomic mass is 16.4. The molecule has 5 nitrogen and oxygen atoms in total. The van der Waals surface area contributed by atoms with E-state index in [1.54, 1.807) is 0 Å². The van der Waals surface area contributed by atoms with E-state index in [1.165, 1.54) is 31.2 Å². The molecule has 2 fully saturated rings. The van der Waals surface area contributed by atoms with Gasteiger partial charge in [-0.2, -0.15) is 0 Å². The molecule has 0 bridgehead atoms. The van der Waals surface area contributed by atoms with E-state index in [9.17, 15) is 4.79 Å². The zero-order chi connectivity index (χ0) is 20.2. The second-order valence-electron chi connectivity index (χ2n) is 8.73. The Morgan fingerprint density at radius 1 is 1.07 bits per heavy atom. The minimum absolute atomic E-state index is 0.343. The number of aromatic nitrogens is 1. The average molecular weight is 396 g/mol. The van der Waals surface area contributed by atoms with Gasteiger partial charge in [-0.15, -0.1) is 0 Å². The number of carbonyl (C=O) groups is 1. The molecule has 0 radical (unpaired) electrons. The molecule has 2 heterocycles. The standard InChI is InChI=1S/C24H33N3O2/c1-18-7-10-21(11-8-18)24-25-22(19(2)29-24)17-26-13-15-27(16-14-26)23(28)12-9-20-5-3-4-6-20/h7-8,10-11,20H,3-6,9,12-17H2,1-2H3. The highest BCUT2D eigenvalue weighted by molar-refractivity contribution is 5.76. The fraction of sp³-hybridized carbons (Fsp3) is 0.583. The fourth-order valence-electron chi connectivity index (χ4n) is 4.55. The molecule has 1 aliphatic heterocycles. The summed E-state index contributed by atoms with van der Waals surface area (Å²) in [7, 11) is 0. The number of rotatable bonds is 6. The number of nitrogens with zero attached hydrogens (tertiary/aromatic N) is 3. The topological polar surface area (TPSA) is 49.6 Å². The van der Waals surface area contributed by atoms with Gasteiger partial charge in [-0.05, 0) is 38.3 Å². The molecule has 1 saturated carbocycles. The van der Waals surface area contributed by atoms with Crippen LogP contribution in [-0.2, 0) is 11.3 Å². The average Bonchev–Trinajstić information content (AvgIpc) is 3.37. The van der Waals surface area contributed by atoms with Crippen LogP contribution in [0.4, 0.5) is 0 Å². The van der Waals surface area contributed by atoms with Crippen molar-refractivity contribution in [3.05, 3.63) is 41.3 Å². The van der Waals surface area contributed by atoms with Crippen molar-refractivity contribution in [1.82, 2.24) is 14.8 Å². The van der Waals surface area contributed by atoms with Crippen LogP contribution in [0.2, 0.25) is 0 Å². The SMILES string of the molecule is Cc1ccc(-c2nc(CN3CCN(C(=O)CCC4CCCC4)CC3)c(C)o2)cc1. The number of piperazine rings is 1. The zero-order valence-electron chi connectivity index (χ0n) is 17.8. The highest BCUT2D eigenvalue weighted by Crippen LogP contribution is 2.29. The Labute approximate surface area is 174 Å². The molecule has 5 heteroatoms. The minimum atomic E-state index is 0.343. The fourth-order valence-corrected chi connectivity index (χ4v) is 4.55. The number of amides is 1. The van der Waals surface area contributed by atoms with Gasteiger partial charge < -0.3 is 9.32 Å². The van der Waals surface area contributed by atoms with Gasteiger partial charge in [0.05, 0.1) is 5.69 Å². The molecule has 0 N–H and O–H groups in total. The van der Waals surface area contributed by atoms with Gasteiger partial charge in [-0.1, -0.05) is 43.4 Å². The van der Waals surface area contributed by atoms with Crippen molar-refractivity contribution in [2.24, 2.45) is 5.92 Å². The summed E-state index contributed by atoms with van der Waals surface area (Å²) in [5.74, 6) is 2.71. The van der Waals surface area contributed by atoms with Gasteiger partial charge >= 0.3 is 0 Å². The van der Waals surface area contributed by atoms with Gasteiger partial charge in [-0.25, -0.2) is 4.98 Å². The lowest BCUT2D eigenvalue weighted by Gasteiger charge is -2.34. The first-order chi connectivity index (χ1) is 14.1. The minimum Gasteiger partial charge on any atom is -0.441 e. The van der Waals surface area contributed by atoms with Crippen molar-refractivity contribution >= 4 is 5.91 Å². The number of benzene rings is 1. The van der Waals surface area contributed by atoms with Crippen LogP contribution in [0.3, 0.4) is 0 Å². The zero-order valence-corrected chi connectivity index (χ0v) is 17.8. The number of oxazole rings is 1. The van der Waals surface area contributed by atoms with Crippen LogP contribution in [0.1, 0.15) is 55.5 Å². The number of hydrogen-bond acceptors (Lipinski definition) is 4. The van der Waals surface area contributed by atoms with E-state index in [-0.39, 0.29) is 0 Å². The lowest BCUT2D eigenvalue weighted by molar-refractivity contribution is -0.133. The Morgan fingerprint density at radius 3 is 2.45 bits per heavy atom. The first kappa shape index (κ1) is 20.1. The second-order valence-corrected chi connectivity index (χ2v) is 8.73. The smallest absolute Gasteiger partial charge is 0.226 e. The summed E-state index contributed by atoms with van der Waals surface area (Å²) < 4.78 is 5.92. The molecule has 0 unspecified atom stereocenters. The van der Waals surface area contributed by atoms with Gasteiger partial charge in [-0.3, -0.25) is 9.69 Å². The third kappa shape index (κ3) is 5.08. The summed E-state index contributed by atoms with van der Waals surface area (Å²) in [6.07, 6.45) is 7.16. The number of hydrogen-bond donors (Lipinski definition) is 0. The largest absolute Gasteiger partial charge is 0.441 e. The van der Waals surface area contributed by atoms with Crippen LogP contribution >= 0.6 is 0 Å². The summed E-state index contributed by atoms with van der Waals surface area (Å²) in [5.41, 5.74) is 3.25. The van der Waals surface area contributed by atoms with E-state index in [0.717, 1.165) is 68.5 Å². The monoisotopic (exact) mass is 395 g/mol. The molecule has 2 aromatic rings. The predicted molar refractivity (Wildman–Crippen MR) is 114 cm³/mol. The Balaban J connectivity index is 1.27. The predicted octanol–water partition coefficient (Wildman–Crippen LogP) is 4.57. The molecule has 2 aliphatic rings. The van der Waals surface area contributed by atoms with Gasteiger partial charge in [0, 0.05) is 44.7 Å². The third-order valence-corrected chi connectivity index (χ3v) is 6.53. The Kier molecular flexibility index (Phi) is 6.34. The van der Waals surface area contributed by atoms with Crippen LogP contribution in [0.5, 0.6) is 0 Å². The first-order valence-electron chi connectivity index (χ1n) is 11.1. The van der Waals surface area contributed by atoms with E-state index in [1.807, 2.05) is 6.92 Å². The summed E-state index contributed by atoms with van der Waals surface area (Å²) in [6, 6.07) is 8.27. The normalized spacial score (nSPS) is 18.5. The molecule has 4 rings (SSSR count). The van der Waals surface area contributed by atoms with E-state index in [2.05, 4.69) is 41.0 Å². The molecule has 0 atom stereocenters. The summed E-state index contributed by atoms with van der Waals surface area (Å²) in [6.45, 7) is 8.31. The van der Waals surface area contributed by atoms with Crippen LogP contribution in [0, 0.1) is 19.8 Å². The maximum atomic E-state index is 12.5. The van der Waals surface area contributed by atoms with Gasteiger partial charge in [0.25, 0.3) is 0 Å². The summed E-state index contributed by atoms with van der Waals surface area (Å²) in [5, 5.41) is 0. The lowest BCUT2D eigenvalue weighted by Crippen LogP contribution is -2.48. The van der Waals surface area contributed by atoms with Crippen LogP contribution in [-0.4, -0.2) is 46.9 Å². The van der Waals surface area contributed by atoms with E-state index >= 15 is 0 Å². The van der Waals surface area contributed by atoms with Gasteiger partial charge in [0.1, 0.15) is 5.76 Å². The number of carbonyl (C=O) groups excluding carboxylic acids is 1. The van der Waals surface area contributed by atoms with E-state index < -0.39 is 0 Å². The second kappa shape index (κ2) is 9.12. The first-order valence-corrected chi connectivity index (χ1v) is 11.1. The molecular weight excluding hydrogens is 362 g/mol. The van der Waals surface area contributed by atoms with E-state index in [4.69, 9.17) is 9.40 Å². The molecule has 1 amide bonds.